The maximum atomic E-state index is 13.5. The summed E-state index contributed by atoms with van der Waals surface area (Å²) in [6.45, 7) is 3.58. The van der Waals surface area contributed by atoms with E-state index in [0.717, 1.165) is 12.0 Å². The molecule has 2 aliphatic heterocycles. The minimum Gasteiger partial charge on any atom is -0.462 e. The van der Waals surface area contributed by atoms with Gasteiger partial charge in [-0.1, -0.05) is 61.9 Å². The maximum absolute atomic E-state index is 13.5. The van der Waals surface area contributed by atoms with Crippen LogP contribution in [0.4, 0.5) is 5.69 Å². The predicted molar refractivity (Wildman–Crippen MR) is 124 cm³/mol. The van der Waals surface area contributed by atoms with Crippen LogP contribution in [0, 0.1) is 0 Å². The van der Waals surface area contributed by atoms with Crippen molar-refractivity contribution in [2.24, 2.45) is 5.73 Å². The first-order chi connectivity index (χ1) is 16.4. The highest BCUT2D eigenvalue weighted by Crippen LogP contribution is 2.52. The van der Waals surface area contributed by atoms with Crippen LogP contribution in [0.3, 0.4) is 0 Å². The quantitative estimate of drug-likeness (QED) is 0.365. The van der Waals surface area contributed by atoms with Crippen LogP contribution in [0.15, 0.2) is 77.3 Å². The van der Waals surface area contributed by atoms with Gasteiger partial charge in [0.1, 0.15) is 29.3 Å². The molecule has 2 heterocycles. The Morgan fingerprint density at radius 3 is 2.41 bits per heavy atom. The molecule has 1 atom stereocenters. The molecule has 0 radical (unpaired) electrons. The summed E-state index contributed by atoms with van der Waals surface area (Å²) >= 11 is 0. The van der Waals surface area contributed by atoms with E-state index in [9.17, 15) is 14.4 Å². The first-order valence-electron chi connectivity index (χ1n) is 11.1. The fourth-order valence-corrected chi connectivity index (χ4v) is 4.30. The topological polar surface area (TPSA) is 117 Å². The molecule has 0 amide bonds. The highest BCUT2D eigenvalue weighted by atomic mass is 16.6. The Morgan fingerprint density at radius 2 is 1.68 bits per heavy atom. The molecular formula is C26H26N2O6. The number of esters is 3. The first-order valence-corrected chi connectivity index (χ1v) is 11.1. The standard InChI is InChI=1S/C26H26N2O6/c1-3-4-14-32-24(30)21-22(27)28-19-13-9-8-12-18(19)26(21)20(16(2)34-25(26)31)23(29)33-15-17-10-6-5-7-11-17/h5-13,28H,3-4,14-15,27H2,1-2H3/t26-/m1/s1. The molecule has 0 unspecified atom stereocenters. The molecule has 0 saturated heterocycles. The number of allylic oxidation sites excluding steroid dienone is 1. The molecule has 34 heavy (non-hydrogen) atoms. The molecule has 0 saturated carbocycles. The first kappa shape index (κ1) is 23.1. The van der Waals surface area contributed by atoms with Crippen LogP contribution in [0.2, 0.25) is 0 Å². The molecule has 0 aromatic heterocycles. The van der Waals surface area contributed by atoms with E-state index in [4.69, 9.17) is 19.9 Å². The second kappa shape index (κ2) is 9.43. The van der Waals surface area contributed by atoms with E-state index in [-0.39, 0.29) is 35.9 Å². The highest BCUT2D eigenvalue weighted by molar-refractivity contribution is 6.15. The summed E-state index contributed by atoms with van der Waals surface area (Å²) in [4.78, 5) is 40.2. The Morgan fingerprint density at radius 1 is 1.00 bits per heavy atom. The zero-order chi connectivity index (χ0) is 24.3. The summed E-state index contributed by atoms with van der Waals surface area (Å²) < 4.78 is 16.5. The lowest BCUT2D eigenvalue weighted by Gasteiger charge is -2.36. The van der Waals surface area contributed by atoms with Crippen molar-refractivity contribution in [3.63, 3.8) is 0 Å². The smallest absolute Gasteiger partial charge is 0.339 e. The lowest BCUT2D eigenvalue weighted by atomic mass is 9.67. The van der Waals surface area contributed by atoms with Gasteiger partial charge in [-0.3, -0.25) is 0 Å². The lowest BCUT2D eigenvalue weighted by Crippen LogP contribution is -2.47. The molecule has 176 valence electrons. The molecule has 8 heteroatoms. The number of para-hydroxylation sites is 1. The fourth-order valence-electron chi connectivity index (χ4n) is 4.30. The minimum atomic E-state index is -1.91. The molecular weight excluding hydrogens is 436 g/mol. The predicted octanol–water partition coefficient (Wildman–Crippen LogP) is 3.44. The third-order valence-corrected chi connectivity index (χ3v) is 5.88. The van der Waals surface area contributed by atoms with Gasteiger partial charge in [0.05, 0.1) is 6.61 Å². The summed E-state index contributed by atoms with van der Waals surface area (Å²) in [5, 5.41) is 2.96. The van der Waals surface area contributed by atoms with Gasteiger partial charge in [0.25, 0.3) is 0 Å². The van der Waals surface area contributed by atoms with Gasteiger partial charge in [0.2, 0.25) is 0 Å². The Bertz CT molecular complexity index is 1200. The van der Waals surface area contributed by atoms with Crippen molar-refractivity contribution < 1.29 is 28.6 Å². The summed E-state index contributed by atoms with van der Waals surface area (Å²) in [6.07, 6.45) is 1.45. The molecule has 2 aliphatic rings. The Balaban J connectivity index is 1.82. The van der Waals surface area contributed by atoms with Gasteiger partial charge < -0.3 is 25.3 Å². The largest absolute Gasteiger partial charge is 0.462 e. The van der Waals surface area contributed by atoms with Gasteiger partial charge in [0, 0.05) is 11.3 Å². The van der Waals surface area contributed by atoms with E-state index < -0.39 is 23.3 Å². The normalized spacial score (nSPS) is 18.9. The van der Waals surface area contributed by atoms with Crippen LogP contribution in [0.5, 0.6) is 0 Å². The van der Waals surface area contributed by atoms with Gasteiger partial charge in [-0.05, 0) is 25.0 Å². The van der Waals surface area contributed by atoms with E-state index in [0.29, 0.717) is 17.7 Å². The fraction of sp³-hybridized carbons (Fsp3) is 0.269. The number of ether oxygens (including phenoxy) is 3. The van der Waals surface area contributed by atoms with Crippen molar-refractivity contribution in [1.29, 1.82) is 0 Å². The number of carbonyl (C=O) groups is 3. The Kier molecular flexibility index (Phi) is 6.40. The van der Waals surface area contributed by atoms with Crippen molar-refractivity contribution in [2.45, 2.75) is 38.7 Å². The van der Waals surface area contributed by atoms with Crippen molar-refractivity contribution >= 4 is 23.6 Å². The molecule has 2 aromatic rings. The number of carbonyl (C=O) groups excluding carboxylic acids is 3. The van der Waals surface area contributed by atoms with Gasteiger partial charge in [0.15, 0.2) is 5.41 Å². The molecule has 1 spiro atoms. The SMILES string of the molecule is CCCCOC(=O)C1=C(N)Nc2ccccc2[C@]12C(=O)OC(C)=C2C(=O)OCc1ccccc1. The number of hydrogen-bond donors (Lipinski definition) is 2. The van der Waals surface area contributed by atoms with E-state index >= 15 is 0 Å². The summed E-state index contributed by atoms with van der Waals surface area (Å²) in [5.74, 6) is -2.42. The molecule has 3 N–H and O–H groups in total. The van der Waals surface area contributed by atoms with E-state index in [2.05, 4.69) is 5.32 Å². The van der Waals surface area contributed by atoms with E-state index in [1.807, 2.05) is 37.3 Å². The molecule has 4 rings (SSSR count). The van der Waals surface area contributed by atoms with Crippen LogP contribution < -0.4 is 11.1 Å². The second-order valence-corrected chi connectivity index (χ2v) is 8.08. The monoisotopic (exact) mass is 462 g/mol. The lowest BCUT2D eigenvalue weighted by molar-refractivity contribution is -0.147. The van der Waals surface area contributed by atoms with Gasteiger partial charge in [-0.15, -0.1) is 0 Å². The van der Waals surface area contributed by atoms with Gasteiger partial charge >= 0.3 is 17.9 Å². The van der Waals surface area contributed by atoms with E-state index in [1.54, 1.807) is 24.3 Å². The molecule has 0 aliphatic carbocycles. The van der Waals surface area contributed by atoms with Crippen LogP contribution in [-0.4, -0.2) is 24.5 Å². The number of benzene rings is 2. The Labute approximate surface area is 197 Å². The number of unbranched alkanes of at least 4 members (excludes halogenated alkanes) is 1. The number of rotatable bonds is 7. The zero-order valence-electron chi connectivity index (χ0n) is 19.1. The number of fused-ring (bicyclic) bond motifs is 2. The Hall–Kier alpha value is -4.07. The number of nitrogens with two attached hydrogens (primary N) is 1. The third-order valence-electron chi connectivity index (χ3n) is 5.88. The minimum absolute atomic E-state index is 0.0178. The molecule has 0 fully saturated rings. The van der Waals surface area contributed by atoms with Gasteiger partial charge in [-0.2, -0.15) is 0 Å². The highest BCUT2D eigenvalue weighted by Gasteiger charge is 2.62. The average molecular weight is 463 g/mol. The van der Waals surface area contributed by atoms with Crippen LogP contribution in [0.1, 0.15) is 37.8 Å². The zero-order valence-corrected chi connectivity index (χ0v) is 19.1. The summed E-state index contributed by atoms with van der Waals surface area (Å²) in [5.41, 5.74) is 5.70. The van der Waals surface area contributed by atoms with Gasteiger partial charge in [-0.25, -0.2) is 14.4 Å². The summed E-state index contributed by atoms with van der Waals surface area (Å²) in [7, 11) is 0. The second-order valence-electron chi connectivity index (χ2n) is 8.08. The van der Waals surface area contributed by atoms with Crippen molar-refractivity contribution in [3.05, 3.63) is 88.5 Å². The van der Waals surface area contributed by atoms with E-state index in [1.165, 1.54) is 6.92 Å². The summed E-state index contributed by atoms with van der Waals surface area (Å²) in [6, 6.07) is 16.0. The van der Waals surface area contributed by atoms with Crippen LogP contribution >= 0.6 is 0 Å². The molecule has 2 aromatic carbocycles. The average Bonchev–Trinajstić information content (AvgIpc) is 3.08. The third kappa shape index (κ3) is 3.81. The number of anilines is 1. The molecule has 8 nitrogen and oxygen atoms in total. The number of nitrogens with one attached hydrogen (secondary N) is 1. The van der Waals surface area contributed by atoms with Crippen LogP contribution in [0.25, 0.3) is 0 Å². The van der Waals surface area contributed by atoms with Crippen molar-refractivity contribution in [3.8, 4) is 0 Å². The van der Waals surface area contributed by atoms with Crippen molar-refractivity contribution in [2.75, 3.05) is 11.9 Å². The number of cyclic esters (lactones) is 1. The molecule has 0 bridgehead atoms. The maximum Gasteiger partial charge on any atom is 0.339 e. The van der Waals surface area contributed by atoms with Crippen LogP contribution in [-0.2, 0) is 40.6 Å². The number of hydrogen-bond acceptors (Lipinski definition) is 8. The van der Waals surface area contributed by atoms with Crippen molar-refractivity contribution in [1.82, 2.24) is 0 Å².